The fourth-order valence-corrected chi connectivity index (χ4v) is 4.26. The van der Waals surface area contributed by atoms with E-state index >= 15 is 0 Å². The van der Waals surface area contributed by atoms with E-state index in [1.165, 1.54) is 0 Å². The number of imidazole rings is 1. The maximum absolute atomic E-state index is 11.7. The second-order valence-electron chi connectivity index (χ2n) is 7.98. The molecular formula is C23H21N5O2. The van der Waals surface area contributed by atoms with Crippen molar-refractivity contribution in [3.63, 3.8) is 0 Å². The van der Waals surface area contributed by atoms with Crippen molar-refractivity contribution in [2.75, 3.05) is 0 Å². The molecule has 1 aromatic carbocycles. The number of carbonyl (C=O) groups excluding carboxylic acids is 1. The van der Waals surface area contributed by atoms with E-state index < -0.39 is 0 Å². The number of hydrogen-bond donors (Lipinski definition) is 0. The van der Waals surface area contributed by atoms with Crippen molar-refractivity contribution in [3.8, 4) is 23.1 Å². The predicted molar refractivity (Wildman–Crippen MR) is 112 cm³/mol. The Balaban J connectivity index is 1.60. The number of ether oxygens (including phenoxy) is 1. The van der Waals surface area contributed by atoms with Crippen molar-refractivity contribution in [2.45, 2.75) is 32.3 Å². The summed E-state index contributed by atoms with van der Waals surface area (Å²) in [6, 6.07) is 9.77. The number of aromatic nitrogens is 4. The number of rotatable bonds is 4. The fourth-order valence-electron chi connectivity index (χ4n) is 4.26. The molecule has 1 fully saturated rings. The van der Waals surface area contributed by atoms with E-state index in [2.05, 4.69) is 16.2 Å². The predicted octanol–water partition coefficient (Wildman–Crippen LogP) is 3.90. The van der Waals surface area contributed by atoms with Crippen LogP contribution in [0, 0.1) is 17.2 Å². The molecule has 0 bridgehead atoms. The van der Waals surface area contributed by atoms with E-state index in [0.717, 1.165) is 40.0 Å². The van der Waals surface area contributed by atoms with Crippen LogP contribution in [-0.2, 0) is 11.8 Å². The van der Waals surface area contributed by atoms with Crippen molar-refractivity contribution < 1.29 is 9.53 Å². The summed E-state index contributed by atoms with van der Waals surface area (Å²) >= 11 is 0. The summed E-state index contributed by atoms with van der Waals surface area (Å²) in [6.07, 6.45) is 7.56. The van der Waals surface area contributed by atoms with E-state index in [1.54, 1.807) is 23.1 Å². The first-order chi connectivity index (χ1) is 14.5. The molecule has 7 heteroatoms. The van der Waals surface area contributed by atoms with Gasteiger partial charge in [0.25, 0.3) is 0 Å². The van der Waals surface area contributed by atoms with E-state index in [4.69, 9.17) is 4.74 Å². The van der Waals surface area contributed by atoms with Crippen molar-refractivity contribution >= 4 is 22.3 Å². The van der Waals surface area contributed by atoms with Crippen LogP contribution in [0.1, 0.15) is 31.7 Å². The van der Waals surface area contributed by atoms with E-state index in [9.17, 15) is 10.1 Å². The lowest BCUT2D eigenvalue weighted by Gasteiger charge is -2.21. The minimum absolute atomic E-state index is 0.0671. The second-order valence-corrected chi connectivity index (χ2v) is 7.98. The first-order valence-corrected chi connectivity index (χ1v) is 10.0. The standard InChI is InChI=1S/C23H21N5O2/c1-14(16-4-5-18(29)7-16)30-22-9-17(8-20-19(22)13-27(2)26-20)21-11-25-23-6-3-15(10-24)12-28(21)23/h3,6,8-9,11-14,16H,4-5,7H2,1-2H3/t14-,16+/m1/s1. The average Bonchev–Trinajstić information content (AvgIpc) is 3.44. The molecule has 1 saturated carbocycles. The highest BCUT2D eigenvalue weighted by molar-refractivity contribution is 5.89. The number of nitrogens with zero attached hydrogens (tertiary/aromatic N) is 5. The molecule has 150 valence electrons. The van der Waals surface area contributed by atoms with Crippen LogP contribution in [0.3, 0.4) is 0 Å². The molecule has 0 unspecified atom stereocenters. The molecular weight excluding hydrogens is 378 g/mol. The molecule has 0 spiro atoms. The van der Waals surface area contributed by atoms with Crippen molar-refractivity contribution in [1.29, 1.82) is 5.26 Å². The molecule has 0 aliphatic heterocycles. The molecule has 30 heavy (non-hydrogen) atoms. The number of carbonyl (C=O) groups is 1. The summed E-state index contributed by atoms with van der Waals surface area (Å²) in [4.78, 5) is 16.2. The minimum Gasteiger partial charge on any atom is -0.490 e. The van der Waals surface area contributed by atoms with E-state index in [0.29, 0.717) is 24.2 Å². The van der Waals surface area contributed by atoms with Gasteiger partial charge in [0.1, 0.15) is 23.2 Å². The van der Waals surface area contributed by atoms with Crippen LogP contribution in [0.25, 0.3) is 27.8 Å². The van der Waals surface area contributed by atoms with Crippen LogP contribution in [0.5, 0.6) is 5.75 Å². The summed E-state index contributed by atoms with van der Waals surface area (Å²) in [5, 5.41) is 14.8. The highest BCUT2D eigenvalue weighted by Gasteiger charge is 2.28. The highest BCUT2D eigenvalue weighted by Crippen LogP contribution is 2.35. The summed E-state index contributed by atoms with van der Waals surface area (Å²) < 4.78 is 10.1. The number of benzene rings is 1. The van der Waals surface area contributed by atoms with Crippen LogP contribution in [-0.4, -0.2) is 31.1 Å². The average molecular weight is 399 g/mol. The number of Topliss-reactive ketones (excluding diaryl/α,β-unsaturated/α-hetero) is 1. The van der Waals surface area contributed by atoms with Gasteiger partial charge >= 0.3 is 0 Å². The molecule has 0 saturated heterocycles. The van der Waals surface area contributed by atoms with Crippen LogP contribution in [0.15, 0.2) is 42.9 Å². The zero-order valence-corrected chi connectivity index (χ0v) is 16.9. The Morgan fingerprint density at radius 3 is 2.93 bits per heavy atom. The first-order valence-electron chi connectivity index (χ1n) is 10.0. The van der Waals surface area contributed by atoms with Gasteiger partial charge < -0.3 is 4.74 Å². The third kappa shape index (κ3) is 3.11. The summed E-state index contributed by atoms with van der Waals surface area (Å²) in [5.41, 5.74) is 3.94. The molecule has 1 aliphatic rings. The van der Waals surface area contributed by atoms with Gasteiger partial charge in [0.2, 0.25) is 0 Å². The maximum atomic E-state index is 11.7. The monoisotopic (exact) mass is 399 g/mol. The fraction of sp³-hybridized carbons (Fsp3) is 0.304. The topological polar surface area (TPSA) is 85.2 Å². The molecule has 2 atom stereocenters. The SMILES string of the molecule is C[C@@H](Oc1cc(-c2cnc3ccc(C#N)cn23)cc2nn(C)cc12)[C@H]1CCC(=O)C1. The van der Waals surface area contributed by atoms with Crippen LogP contribution >= 0.6 is 0 Å². The molecule has 5 rings (SSSR count). The minimum atomic E-state index is -0.0671. The highest BCUT2D eigenvalue weighted by atomic mass is 16.5. The lowest BCUT2D eigenvalue weighted by Crippen LogP contribution is -2.21. The zero-order chi connectivity index (χ0) is 20.8. The number of hydrogen-bond acceptors (Lipinski definition) is 5. The Hall–Kier alpha value is -3.66. The van der Waals surface area contributed by atoms with Crippen LogP contribution < -0.4 is 4.74 Å². The number of pyridine rings is 1. The van der Waals surface area contributed by atoms with E-state index in [1.807, 2.05) is 42.8 Å². The Bertz CT molecular complexity index is 1330. The van der Waals surface area contributed by atoms with Gasteiger partial charge in [-0.15, -0.1) is 0 Å². The molecule has 7 nitrogen and oxygen atoms in total. The van der Waals surface area contributed by atoms with Gasteiger partial charge in [-0.05, 0) is 37.6 Å². The number of aryl methyl sites for hydroxylation is 1. The summed E-state index contributed by atoms with van der Waals surface area (Å²) in [7, 11) is 1.88. The lowest BCUT2D eigenvalue weighted by molar-refractivity contribution is -0.117. The van der Waals surface area contributed by atoms with Crippen molar-refractivity contribution in [1.82, 2.24) is 19.2 Å². The number of nitriles is 1. The lowest BCUT2D eigenvalue weighted by atomic mass is 10.0. The Morgan fingerprint density at radius 1 is 1.30 bits per heavy atom. The van der Waals surface area contributed by atoms with Gasteiger partial charge in [0.15, 0.2) is 0 Å². The van der Waals surface area contributed by atoms with Crippen LogP contribution in [0.4, 0.5) is 0 Å². The molecule has 3 heterocycles. The molecule has 1 aliphatic carbocycles. The normalized spacial score (nSPS) is 17.5. The number of ketones is 1. The summed E-state index contributed by atoms with van der Waals surface area (Å²) in [6.45, 7) is 2.03. The second kappa shape index (κ2) is 6.99. The van der Waals surface area contributed by atoms with Crippen molar-refractivity contribution in [3.05, 3.63) is 48.4 Å². The van der Waals surface area contributed by atoms with Crippen molar-refractivity contribution in [2.24, 2.45) is 13.0 Å². The third-order valence-corrected chi connectivity index (χ3v) is 5.89. The molecule has 0 amide bonds. The molecule has 0 N–H and O–H groups in total. The Morgan fingerprint density at radius 2 is 2.17 bits per heavy atom. The van der Waals surface area contributed by atoms with Gasteiger partial charge in [0, 0.05) is 43.8 Å². The van der Waals surface area contributed by atoms with Gasteiger partial charge in [-0.1, -0.05) is 0 Å². The molecule has 0 radical (unpaired) electrons. The van der Waals surface area contributed by atoms with Gasteiger partial charge in [0.05, 0.1) is 34.5 Å². The zero-order valence-electron chi connectivity index (χ0n) is 16.9. The van der Waals surface area contributed by atoms with Gasteiger partial charge in [-0.25, -0.2) is 4.98 Å². The quantitative estimate of drug-likeness (QED) is 0.520. The third-order valence-electron chi connectivity index (χ3n) is 5.89. The molecule has 4 aromatic rings. The smallest absolute Gasteiger partial charge is 0.137 e. The Labute approximate surface area is 173 Å². The number of fused-ring (bicyclic) bond motifs is 2. The van der Waals surface area contributed by atoms with Gasteiger partial charge in [-0.2, -0.15) is 10.4 Å². The van der Waals surface area contributed by atoms with Crippen LogP contribution in [0.2, 0.25) is 0 Å². The van der Waals surface area contributed by atoms with Gasteiger partial charge in [-0.3, -0.25) is 13.9 Å². The Kier molecular flexibility index (Phi) is 4.28. The van der Waals surface area contributed by atoms with E-state index in [-0.39, 0.29) is 12.0 Å². The maximum Gasteiger partial charge on any atom is 0.137 e. The first kappa shape index (κ1) is 18.4. The summed E-state index contributed by atoms with van der Waals surface area (Å²) in [5.74, 6) is 1.30. The largest absolute Gasteiger partial charge is 0.490 e. The molecule has 3 aromatic heterocycles.